The first kappa shape index (κ1) is 20.0. The maximum absolute atomic E-state index is 12.9. The van der Waals surface area contributed by atoms with E-state index < -0.39 is 17.6 Å². The van der Waals surface area contributed by atoms with E-state index in [2.05, 4.69) is 10.3 Å². The molecule has 5 nitrogen and oxygen atoms in total. The van der Waals surface area contributed by atoms with Crippen LogP contribution < -0.4 is 15.0 Å². The standard InChI is InChI=1S/C21H15ClF3N3O2/c22-16-7-3-9-26-19(16)28-10-11-30-18-15(6-2-8-17(18)28)20(29)27-14-5-1-4-13(12-14)21(23,24)25/h1-9,12H,10-11H2,(H,27,29). The Kier molecular flexibility index (Phi) is 5.26. The van der Waals surface area contributed by atoms with Gasteiger partial charge in [0.2, 0.25) is 0 Å². The smallest absolute Gasteiger partial charge is 0.416 e. The fourth-order valence-corrected chi connectivity index (χ4v) is 3.42. The van der Waals surface area contributed by atoms with Crippen molar-refractivity contribution in [2.45, 2.75) is 6.18 Å². The van der Waals surface area contributed by atoms with Crippen molar-refractivity contribution in [3.63, 3.8) is 0 Å². The Morgan fingerprint density at radius 2 is 1.93 bits per heavy atom. The van der Waals surface area contributed by atoms with Gasteiger partial charge in [-0.2, -0.15) is 13.2 Å². The molecule has 2 aromatic carbocycles. The van der Waals surface area contributed by atoms with Crippen molar-refractivity contribution in [2.75, 3.05) is 23.4 Å². The van der Waals surface area contributed by atoms with E-state index in [1.807, 2.05) is 4.90 Å². The van der Waals surface area contributed by atoms with E-state index in [-0.39, 0.29) is 17.9 Å². The third kappa shape index (κ3) is 3.91. The second-order valence-corrected chi connectivity index (χ2v) is 6.90. The lowest BCUT2D eigenvalue weighted by atomic mass is 10.1. The van der Waals surface area contributed by atoms with Crippen LogP contribution in [0.15, 0.2) is 60.8 Å². The Labute approximate surface area is 175 Å². The van der Waals surface area contributed by atoms with Gasteiger partial charge in [-0.15, -0.1) is 0 Å². The van der Waals surface area contributed by atoms with E-state index in [9.17, 15) is 18.0 Å². The number of halogens is 4. The number of benzene rings is 2. The molecule has 0 fully saturated rings. The summed E-state index contributed by atoms with van der Waals surface area (Å²) in [6, 6.07) is 12.9. The van der Waals surface area contributed by atoms with Crippen LogP contribution in [0.4, 0.5) is 30.4 Å². The molecule has 0 bridgehead atoms. The molecule has 1 aliphatic heterocycles. The van der Waals surface area contributed by atoms with Crippen molar-refractivity contribution in [1.29, 1.82) is 0 Å². The van der Waals surface area contributed by atoms with Crippen LogP contribution >= 0.6 is 11.6 Å². The summed E-state index contributed by atoms with van der Waals surface area (Å²) in [6.45, 7) is 0.760. The van der Waals surface area contributed by atoms with E-state index in [0.29, 0.717) is 28.8 Å². The van der Waals surface area contributed by atoms with Crippen LogP contribution in [0.3, 0.4) is 0 Å². The number of nitrogens with zero attached hydrogens (tertiary/aromatic N) is 2. The number of para-hydroxylation sites is 1. The monoisotopic (exact) mass is 433 g/mol. The average molecular weight is 434 g/mol. The Morgan fingerprint density at radius 1 is 1.13 bits per heavy atom. The van der Waals surface area contributed by atoms with Gasteiger partial charge in [0.15, 0.2) is 11.6 Å². The van der Waals surface area contributed by atoms with E-state index in [1.54, 1.807) is 36.5 Å². The van der Waals surface area contributed by atoms with Gasteiger partial charge in [-0.05, 0) is 42.5 Å². The third-order valence-electron chi connectivity index (χ3n) is 4.53. The number of hydrogen-bond donors (Lipinski definition) is 1. The molecule has 0 aliphatic carbocycles. The molecule has 1 amide bonds. The number of nitrogens with one attached hydrogen (secondary N) is 1. The number of pyridine rings is 1. The molecule has 0 saturated carbocycles. The highest BCUT2D eigenvalue weighted by atomic mass is 35.5. The zero-order valence-electron chi connectivity index (χ0n) is 15.4. The van der Waals surface area contributed by atoms with Crippen molar-refractivity contribution in [1.82, 2.24) is 4.98 Å². The maximum atomic E-state index is 12.9. The first-order valence-electron chi connectivity index (χ1n) is 8.97. The molecular weight excluding hydrogens is 419 g/mol. The molecule has 0 spiro atoms. The lowest BCUT2D eigenvalue weighted by Crippen LogP contribution is -2.30. The Balaban J connectivity index is 1.66. The first-order chi connectivity index (χ1) is 14.3. The fraction of sp³-hybridized carbons (Fsp3) is 0.143. The van der Waals surface area contributed by atoms with Crippen LogP contribution in [0.2, 0.25) is 5.02 Å². The minimum Gasteiger partial charge on any atom is -0.489 e. The topological polar surface area (TPSA) is 54.5 Å². The summed E-state index contributed by atoms with van der Waals surface area (Å²) >= 11 is 6.27. The number of ether oxygens (including phenoxy) is 1. The highest BCUT2D eigenvalue weighted by Gasteiger charge is 2.31. The Morgan fingerprint density at radius 3 is 2.70 bits per heavy atom. The molecule has 1 aromatic heterocycles. The second-order valence-electron chi connectivity index (χ2n) is 6.50. The van der Waals surface area contributed by atoms with Crippen molar-refractivity contribution >= 4 is 34.7 Å². The normalized spacial score (nSPS) is 13.4. The van der Waals surface area contributed by atoms with Crippen molar-refractivity contribution in [3.05, 3.63) is 76.9 Å². The summed E-state index contributed by atoms with van der Waals surface area (Å²) in [6.07, 6.45) is -2.89. The number of alkyl halides is 3. The minimum absolute atomic E-state index is 0.0351. The number of carbonyl (C=O) groups is 1. The molecule has 0 atom stereocenters. The molecule has 30 heavy (non-hydrogen) atoms. The van der Waals surface area contributed by atoms with E-state index in [4.69, 9.17) is 16.3 Å². The molecule has 1 N–H and O–H groups in total. The molecule has 0 unspecified atom stereocenters. The predicted octanol–water partition coefficient (Wildman–Crippen LogP) is 5.54. The molecule has 4 rings (SSSR count). The number of rotatable bonds is 3. The average Bonchev–Trinajstić information content (AvgIpc) is 2.73. The van der Waals surface area contributed by atoms with Gasteiger partial charge in [0, 0.05) is 11.9 Å². The van der Waals surface area contributed by atoms with Crippen LogP contribution in [-0.4, -0.2) is 24.0 Å². The molecule has 3 aromatic rings. The van der Waals surface area contributed by atoms with Crippen molar-refractivity contribution in [2.24, 2.45) is 0 Å². The van der Waals surface area contributed by atoms with Crippen molar-refractivity contribution < 1.29 is 22.7 Å². The molecule has 1 aliphatic rings. The van der Waals surface area contributed by atoms with Crippen molar-refractivity contribution in [3.8, 4) is 5.75 Å². The summed E-state index contributed by atoms with van der Waals surface area (Å²) < 4.78 is 44.5. The summed E-state index contributed by atoms with van der Waals surface area (Å²) in [5, 5.41) is 2.96. The molecule has 0 radical (unpaired) electrons. The van der Waals surface area contributed by atoms with Gasteiger partial charge < -0.3 is 15.0 Å². The van der Waals surface area contributed by atoms with Crippen LogP contribution in [0.5, 0.6) is 5.75 Å². The molecule has 0 saturated heterocycles. The number of amides is 1. The van der Waals surface area contributed by atoms with E-state index in [0.717, 1.165) is 12.1 Å². The lowest BCUT2D eigenvalue weighted by molar-refractivity contribution is -0.137. The van der Waals surface area contributed by atoms with Gasteiger partial charge in [-0.25, -0.2) is 4.98 Å². The largest absolute Gasteiger partial charge is 0.489 e. The summed E-state index contributed by atoms with van der Waals surface area (Å²) in [7, 11) is 0. The third-order valence-corrected chi connectivity index (χ3v) is 4.83. The van der Waals surface area contributed by atoms with Crippen LogP contribution in [0, 0.1) is 0 Å². The van der Waals surface area contributed by atoms with Gasteiger partial charge in [-0.3, -0.25) is 4.79 Å². The SMILES string of the molecule is O=C(Nc1cccc(C(F)(F)F)c1)c1cccc2c1OCCN2c1ncccc1Cl. The molecular formula is C21H15ClF3N3O2. The van der Waals surface area contributed by atoms with Gasteiger partial charge in [0.25, 0.3) is 5.91 Å². The van der Waals surface area contributed by atoms with E-state index >= 15 is 0 Å². The van der Waals surface area contributed by atoms with Crippen LogP contribution in [0.1, 0.15) is 15.9 Å². The number of fused-ring (bicyclic) bond motifs is 1. The number of carbonyl (C=O) groups excluding carboxylic acids is 1. The minimum atomic E-state index is -4.50. The Bertz CT molecular complexity index is 1100. The summed E-state index contributed by atoms with van der Waals surface area (Å²) in [4.78, 5) is 19.0. The molecule has 9 heteroatoms. The zero-order chi connectivity index (χ0) is 21.3. The highest BCUT2D eigenvalue weighted by molar-refractivity contribution is 6.33. The highest BCUT2D eigenvalue weighted by Crippen LogP contribution is 2.40. The number of anilines is 3. The van der Waals surface area contributed by atoms with Crippen LogP contribution in [0.25, 0.3) is 0 Å². The number of aromatic nitrogens is 1. The van der Waals surface area contributed by atoms with Gasteiger partial charge in [-0.1, -0.05) is 23.7 Å². The van der Waals surface area contributed by atoms with Gasteiger partial charge >= 0.3 is 6.18 Å². The lowest BCUT2D eigenvalue weighted by Gasteiger charge is -2.31. The predicted molar refractivity (Wildman–Crippen MR) is 108 cm³/mol. The fourth-order valence-electron chi connectivity index (χ4n) is 3.19. The van der Waals surface area contributed by atoms with E-state index in [1.165, 1.54) is 12.1 Å². The zero-order valence-corrected chi connectivity index (χ0v) is 16.2. The van der Waals surface area contributed by atoms with Gasteiger partial charge in [0.1, 0.15) is 6.61 Å². The summed E-state index contributed by atoms with van der Waals surface area (Å²) in [5.74, 6) is 0.259. The maximum Gasteiger partial charge on any atom is 0.416 e. The molecule has 2 heterocycles. The Hall–Kier alpha value is -3.26. The number of hydrogen-bond acceptors (Lipinski definition) is 4. The second kappa shape index (κ2) is 7.87. The molecule has 154 valence electrons. The van der Waals surface area contributed by atoms with Gasteiger partial charge in [0.05, 0.1) is 28.4 Å². The first-order valence-corrected chi connectivity index (χ1v) is 9.35. The quantitative estimate of drug-likeness (QED) is 0.589. The summed E-state index contributed by atoms with van der Waals surface area (Å²) in [5.41, 5.74) is -0.0179. The van der Waals surface area contributed by atoms with Crippen LogP contribution in [-0.2, 0) is 6.18 Å².